The number of halogens is 1. The van der Waals surface area contributed by atoms with Gasteiger partial charge in [0.15, 0.2) is 0 Å². The summed E-state index contributed by atoms with van der Waals surface area (Å²) in [5, 5.41) is 9.28. The van der Waals surface area contributed by atoms with E-state index >= 15 is 0 Å². The van der Waals surface area contributed by atoms with Crippen LogP contribution >= 0.6 is 0 Å². The molecule has 0 radical (unpaired) electrons. The van der Waals surface area contributed by atoms with E-state index in [0.717, 1.165) is 32.6 Å². The number of para-hydroxylation sites is 1. The van der Waals surface area contributed by atoms with Crippen molar-refractivity contribution in [3.63, 3.8) is 0 Å². The zero-order chi connectivity index (χ0) is 13.0. The van der Waals surface area contributed by atoms with Crippen molar-refractivity contribution in [1.82, 2.24) is 0 Å². The maximum Gasteiger partial charge on any atom is 0.146 e. The molecule has 1 heterocycles. The summed E-state index contributed by atoms with van der Waals surface area (Å²) in [6.07, 6.45) is 2.04. The Morgan fingerprint density at radius 2 is 2.11 bits per heavy atom. The van der Waals surface area contributed by atoms with Gasteiger partial charge in [0.25, 0.3) is 0 Å². The summed E-state index contributed by atoms with van der Waals surface area (Å²) in [4.78, 5) is 1.91. The van der Waals surface area contributed by atoms with Crippen LogP contribution in [0.5, 0.6) is 0 Å². The van der Waals surface area contributed by atoms with Crippen molar-refractivity contribution in [2.45, 2.75) is 19.4 Å². The van der Waals surface area contributed by atoms with Crippen LogP contribution in [-0.2, 0) is 11.3 Å². The molecule has 1 aliphatic heterocycles. The maximum absolute atomic E-state index is 13.9. The summed E-state index contributed by atoms with van der Waals surface area (Å²) in [7, 11) is 1.88. The van der Waals surface area contributed by atoms with Crippen molar-refractivity contribution < 1.29 is 14.2 Å². The number of hydrogen-bond donors (Lipinski definition) is 1. The third-order valence-corrected chi connectivity index (χ3v) is 3.50. The van der Waals surface area contributed by atoms with Gasteiger partial charge in [0.1, 0.15) is 5.82 Å². The van der Waals surface area contributed by atoms with Gasteiger partial charge in [0.05, 0.1) is 12.3 Å². The van der Waals surface area contributed by atoms with Gasteiger partial charge in [-0.2, -0.15) is 0 Å². The zero-order valence-corrected chi connectivity index (χ0v) is 10.7. The van der Waals surface area contributed by atoms with Crippen LogP contribution in [0.3, 0.4) is 0 Å². The Morgan fingerprint density at radius 3 is 2.78 bits per heavy atom. The van der Waals surface area contributed by atoms with E-state index in [9.17, 15) is 9.50 Å². The molecule has 18 heavy (non-hydrogen) atoms. The van der Waals surface area contributed by atoms with Crippen LogP contribution in [0, 0.1) is 11.7 Å². The quantitative estimate of drug-likeness (QED) is 0.892. The zero-order valence-electron chi connectivity index (χ0n) is 10.7. The first-order chi connectivity index (χ1) is 8.72. The van der Waals surface area contributed by atoms with Crippen molar-refractivity contribution in [3.8, 4) is 0 Å². The van der Waals surface area contributed by atoms with E-state index in [1.165, 1.54) is 6.07 Å². The molecule has 0 saturated carbocycles. The molecule has 1 fully saturated rings. The molecular formula is C14H20FNO2. The first-order valence-corrected chi connectivity index (χ1v) is 6.39. The first kappa shape index (κ1) is 13.3. The second-order valence-corrected chi connectivity index (χ2v) is 4.84. The van der Waals surface area contributed by atoms with E-state index in [1.54, 1.807) is 12.1 Å². The fraction of sp³-hybridized carbons (Fsp3) is 0.571. The number of aliphatic hydroxyl groups is 1. The predicted octanol–water partition coefficient (Wildman–Crippen LogP) is 2.18. The Hall–Kier alpha value is -1.13. The average molecular weight is 253 g/mol. The van der Waals surface area contributed by atoms with Gasteiger partial charge in [-0.25, -0.2) is 4.39 Å². The summed E-state index contributed by atoms with van der Waals surface area (Å²) in [5.41, 5.74) is 1.16. The molecular weight excluding hydrogens is 233 g/mol. The smallest absolute Gasteiger partial charge is 0.146 e. The number of aliphatic hydroxyl groups excluding tert-OH is 1. The Balaban J connectivity index is 2.09. The van der Waals surface area contributed by atoms with Crippen LogP contribution < -0.4 is 4.90 Å². The second kappa shape index (κ2) is 6.16. The van der Waals surface area contributed by atoms with Crippen molar-refractivity contribution in [2.24, 2.45) is 5.92 Å². The molecule has 2 rings (SSSR count). The molecule has 0 bridgehead atoms. The molecule has 4 heteroatoms. The first-order valence-electron chi connectivity index (χ1n) is 6.39. The summed E-state index contributed by atoms with van der Waals surface area (Å²) < 4.78 is 19.2. The molecule has 0 aliphatic carbocycles. The minimum atomic E-state index is -0.267. The molecule has 1 aromatic rings. The minimum absolute atomic E-state index is 0.134. The lowest BCUT2D eigenvalue weighted by atomic mass is 9.99. The second-order valence-electron chi connectivity index (χ2n) is 4.84. The van der Waals surface area contributed by atoms with Gasteiger partial charge < -0.3 is 14.7 Å². The highest BCUT2D eigenvalue weighted by molar-refractivity contribution is 5.54. The van der Waals surface area contributed by atoms with Gasteiger partial charge in [-0.1, -0.05) is 12.1 Å². The highest BCUT2D eigenvalue weighted by Gasteiger charge is 2.19. The van der Waals surface area contributed by atoms with E-state index in [-0.39, 0.29) is 12.4 Å². The molecule has 0 unspecified atom stereocenters. The topological polar surface area (TPSA) is 32.7 Å². The van der Waals surface area contributed by atoms with E-state index in [0.29, 0.717) is 17.2 Å². The van der Waals surface area contributed by atoms with Crippen LogP contribution in [-0.4, -0.2) is 31.9 Å². The molecule has 1 aliphatic rings. The molecule has 0 aromatic heterocycles. The van der Waals surface area contributed by atoms with E-state index in [1.807, 2.05) is 11.9 Å². The van der Waals surface area contributed by atoms with Gasteiger partial charge >= 0.3 is 0 Å². The fourth-order valence-electron chi connectivity index (χ4n) is 2.52. The third-order valence-electron chi connectivity index (χ3n) is 3.50. The number of rotatable bonds is 4. The Bertz CT molecular complexity index is 391. The van der Waals surface area contributed by atoms with Crippen LogP contribution in [0.15, 0.2) is 18.2 Å². The molecule has 1 aromatic carbocycles. The number of hydrogen-bond acceptors (Lipinski definition) is 3. The van der Waals surface area contributed by atoms with Crippen molar-refractivity contribution in [2.75, 3.05) is 31.7 Å². The number of anilines is 1. The van der Waals surface area contributed by atoms with Crippen LogP contribution in [0.2, 0.25) is 0 Å². The van der Waals surface area contributed by atoms with E-state index < -0.39 is 0 Å². The predicted molar refractivity (Wildman–Crippen MR) is 69.1 cm³/mol. The van der Waals surface area contributed by atoms with Crippen molar-refractivity contribution >= 4 is 5.69 Å². The van der Waals surface area contributed by atoms with Crippen molar-refractivity contribution in [1.29, 1.82) is 0 Å². The van der Waals surface area contributed by atoms with Crippen molar-refractivity contribution in [3.05, 3.63) is 29.6 Å². The normalized spacial score (nSPS) is 16.8. The van der Waals surface area contributed by atoms with Gasteiger partial charge in [-0.05, 0) is 24.8 Å². The Morgan fingerprint density at radius 1 is 1.39 bits per heavy atom. The van der Waals surface area contributed by atoms with Gasteiger partial charge in [0, 0.05) is 32.4 Å². The lowest BCUT2D eigenvalue weighted by Gasteiger charge is -2.29. The SMILES string of the molecule is CN(CC1CCOCC1)c1c(F)cccc1CO. The Kier molecular flexibility index (Phi) is 4.55. The Labute approximate surface area is 107 Å². The fourth-order valence-corrected chi connectivity index (χ4v) is 2.52. The molecule has 1 N–H and O–H groups in total. The largest absolute Gasteiger partial charge is 0.392 e. The average Bonchev–Trinajstić information content (AvgIpc) is 2.39. The summed E-state index contributed by atoms with van der Waals surface area (Å²) in [5.74, 6) is 0.269. The third kappa shape index (κ3) is 3.00. The van der Waals surface area contributed by atoms with E-state index in [4.69, 9.17) is 4.74 Å². The van der Waals surface area contributed by atoms with Gasteiger partial charge in [-0.15, -0.1) is 0 Å². The number of ether oxygens (including phenoxy) is 1. The molecule has 0 amide bonds. The molecule has 3 nitrogen and oxygen atoms in total. The lowest BCUT2D eigenvalue weighted by Crippen LogP contribution is -2.30. The highest BCUT2D eigenvalue weighted by atomic mass is 19.1. The number of nitrogens with zero attached hydrogens (tertiary/aromatic N) is 1. The van der Waals surface area contributed by atoms with Crippen LogP contribution in [0.1, 0.15) is 18.4 Å². The van der Waals surface area contributed by atoms with Gasteiger partial charge in [-0.3, -0.25) is 0 Å². The van der Waals surface area contributed by atoms with Crippen LogP contribution in [0.25, 0.3) is 0 Å². The summed E-state index contributed by atoms with van der Waals surface area (Å²) in [6, 6.07) is 4.83. The number of benzene rings is 1. The van der Waals surface area contributed by atoms with E-state index in [2.05, 4.69) is 0 Å². The summed E-state index contributed by atoms with van der Waals surface area (Å²) in [6.45, 7) is 2.26. The minimum Gasteiger partial charge on any atom is -0.392 e. The highest BCUT2D eigenvalue weighted by Crippen LogP contribution is 2.26. The standard InChI is InChI=1S/C14H20FNO2/c1-16(9-11-5-7-18-8-6-11)14-12(10-17)3-2-4-13(14)15/h2-4,11,17H,5-10H2,1H3. The maximum atomic E-state index is 13.9. The molecule has 0 atom stereocenters. The molecule has 0 spiro atoms. The lowest BCUT2D eigenvalue weighted by molar-refractivity contribution is 0.0685. The molecule has 1 saturated heterocycles. The van der Waals surface area contributed by atoms with Crippen LogP contribution in [0.4, 0.5) is 10.1 Å². The monoisotopic (exact) mass is 253 g/mol. The summed E-state index contributed by atoms with van der Waals surface area (Å²) >= 11 is 0. The van der Waals surface area contributed by atoms with Gasteiger partial charge in [0.2, 0.25) is 0 Å². The molecule has 100 valence electrons.